The lowest BCUT2D eigenvalue weighted by Gasteiger charge is -2.08. The average Bonchev–Trinajstić information content (AvgIpc) is 2.81. The van der Waals surface area contributed by atoms with Gasteiger partial charge < -0.3 is 14.8 Å². The molecule has 5 nitrogen and oxygen atoms in total. The summed E-state index contributed by atoms with van der Waals surface area (Å²) in [7, 11) is 0. The summed E-state index contributed by atoms with van der Waals surface area (Å²) in [6.45, 7) is 5.48. The largest absolute Gasteiger partial charge is 0.478 e. The van der Waals surface area contributed by atoms with Crippen LogP contribution in [0.5, 0.6) is 0 Å². The van der Waals surface area contributed by atoms with Gasteiger partial charge in [0, 0.05) is 0 Å². The molecule has 0 atom stereocenters. The number of amides is 1. The second-order valence-corrected chi connectivity index (χ2v) is 5.49. The third-order valence-corrected chi connectivity index (χ3v) is 3.76. The maximum Gasteiger partial charge on any atom is 0.339 e. The van der Waals surface area contributed by atoms with E-state index in [0.717, 1.165) is 11.1 Å². The molecular formula is C16H16ClNO4. The number of rotatable bonds is 4. The topological polar surface area (TPSA) is 79.5 Å². The van der Waals surface area contributed by atoms with Crippen LogP contribution in [0.2, 0.25) is 5.02 Å². The monoisotopic (exact) mass is 321 g/mol. The fourth-order valence-corrected chi connectivity index (χ4v) is 2.36. The Morgan fingerprint density at radius 1 is 1.14 bits per heavy atom. The maximum absolute atomic E-state index is 12.2. The normalized spacial score (nSPS) is 10.5. The summed E-state index contributed by atoms with van der Waals surface area (Å²) in [6.07, 6.45) is 0. The van der Waals surface area contributed by atoms with Gasteiger partial charge in [-0.3, -0.25) is 4.79 Å². The van der Waals surface area contributed by atoms with E-state index in [9.17, 15) is 9.59 Å². The molecule has 0 aliphatic heterocycles. The molecule has 0 unspecified atom stereocenters. The zero-order valence-electron chi connectivity index (χ0n) is 12.5. The van der Waals surface area contributed by atoms with Gasteiger partial charge in [-0.2, -0.15) is 0 Å². The third-order valence-electron chi connectivity index (χ3n) is 3.45. The van der Waals surface area contributed by atoms with Gasteiger partial charge in [-0.15, -0.1) is 0 Å². The summed E-state index contributed by atoms with van der Waals surface area (Å²) in [5.41, 5.74) is 2.45. The van der Waals surface area contributed by atoms with Gasteiger partial charge in [0.05, 0.1) is 17.1 Å². The predicted molar refractivity (Wildman–Crippen MR) is 82.5 cm³/mol. The Bertz CT molecular complexity index is 749. The molecule has 6 heteroatoms. The zero-order valence-corrected chi connectivity index (χ0v) is 13.2. The fraction of sp³-hybridized carbons (Fsp3) is 0.250. The zero-order chi connectivity index (χ0) is 16.4. The highest BCUT2D eigenvalue weighted by atomic mass is 35.5. The number of carboxylic acid groups (broad SMARTS) is 1. The summed E-state index contributed by atoms with van der Waals surface area (Å²) < 4.78 is 5.31. The highest BCUT2D eigenvalue weighted by Gasteiger charge is 2.16. The van der Waals surface area contributed by atoms with Gasteiger partial charge in [0.1, 0.15) is 17.1 Å². The van der Waals surface area contributed by atoms with Gasteiger partial charge in [-0.1, -0.05) is 11.6 Å². The molecule has 1 heterocycles. The lowest BCUT2D eigenvalue weighted by molar-refractivity contribution is 0.0694. The van der Waals surface area contributed by atoms with Crippen molar-refractivity contribution in [3.63, 3.8) is 0 Å². The Morgan fingerprint density at radius 3 is 2.36 bits per heavy atom. The minimum atomic E-state index is -1.06. The lowest BCUT2D eigenvalue weighted by Crippen LogP contribution is -2.23. The van der Waals surface area contributed by atoms with Crippen LogP contribution in [0.1, 0.15) is 43.4 Å². The number of benzene rings is 1. The highest BCUT2D eigenvalue weighted by molar-refractivity contribution is 6.34. The number of hydrogen-bond acceptors (Lipinski definition) is 3. The number of halogens is 1. The van der Waals surface area contributed by atoms with E-state index in [0.29, 0.717) is 22.1 Å². The van der Waals surface area contributed by atoms with E-state index in [1.54, 1.807) is 19.1 Å². The molecule has 2 aromatic rings. The minimum Gasteiger partial charge on any atom is -0.478 e. The average molecular weight is 322 g/mol. The lowest BCUT2D eigenvalue weighted by atomic mass is 10.1. The minimum absolute atomic E-state index is 0.0912. The molecule has 0 saturated heterocycles. The summed E-state index contributed by atoms with van der Waals surface area (Å²) in [5, 5.41) is 12.0. The van der Waals surface area contributed by atoms with Crippen LogP contribution in [0.3, 0.4) is 0 Å². The van der Waals surface area contributed by atoms with Crippen molar-refractivity contribution < 1.29 is 19.1 Å². The van der Waals surface area contributed by atoms with E-state index in [1.807, 2.05) is 13.8 Å². The first-order valence-electron chi connectivity index (χ1n) is 6.67. The molecule has 0 saturated carbocycles. The molecule has 0 aliphatic rings. The molecule has 0 bridgehead atoms. The molecule has 0 spiro atoms. The molecular weight excluding hydrogens is 306 g/mol. The van der Waals surface area contributed by atoms with E-state index in [4.69, 9.17) is 21.1 Å². The molecule has 1 aromatic heterocycles. The van der Waals surface area contributed by atoms with Crippen molar-refractivity contribution in [2.75, 3.05) is 0 Å². The third kappa shape index (κ3) is 3.31. The standard InChI is InChI=1S/C16H16ClNO4/c1-8-4-13(14(17)5-9(8)2)15(19)18-7-11-6-12(16(20)21)10(3)22-11/h4-6H,7H2,1-3H3,(H,18,19)(H,20,21). The van der Waals surface area contributed by atoms with Crippen LogP contribution in [0.15, 0.2) is 22.6 Å². The molecule has 1 amide bonds. The summed E-state index contributed by atoms with van der Waals surface area (Å²) in [5.74, 6) is -0.709. The van der Waals surface area contributed by atoms with E-state index in [1.165, 1.54) is 6.07 Å². The quantitative estimate of drug-likeness (QED) is 0.903. The molecule has 0 fully saturated rings. The Labute approximate surface area is 132 Å². The first-order chi connectivity index (χ1) is 10.3. The number of aryl methyl sites for hydroxylation is 3. The molecule has 22 heavy (non-hydrogen) atoms. The number of nitrogens with one attached hydrogen (secondary N) is 1. The van der Waals surface area contributed by atoms with Gasteiger partial charge in [-0.05, 0) is 50.1 Å². The molecule has 1 aromatic carbocycles. The Hall–Kier alpha value is -2.27. The second-order valence-electron chi connectivity index (χ2n) is 5.09. The predicted octanol–water partition coefficient (Wildman–Crippen LogP) is 3.49. The van der Waals surface area contributed by atoms with Crippen molar-refractivity contribution >= 4 is 23.5 Å². The summed E-state index contributed by atoms with van der Waals surface area (Å²) in [4.78, 5) is 23.1. The molecule has 116 valence electrons. The fourth-order valence-electron chi connectivity index (χ4n) is 2.06. The number of hydrogen-bond donors (Lipinski definition) is 2. The molecule has 0 radical (unpaired) electrons. The van der Waals surface area contributed by atoms with Crippen LogP contribution < -0.4 is 5.32 Å². The van der Waals surface area contributed by atoms with E-state index < -0.39 is 5.97 Å². The highest BCUT2D eigenvalue weighted by Crippen LogP contribution is 2.21. The van der Waals surface area contributed by atoms with Crippen molar-refractivity contribution in [3.05, 3.63) is 57.0 Å². The van der Waals surface area contributed by atoms with Crippen LogP contribution in [0.25, 0.3) is 0 Å². The number of furan rings is 1. The van der Waals surface area contributed by atoms with Gasteiger partial charge >= 0.3 is 5.97 Å². The van der Waals surface area contributed by atoms with Gasteiger partial charge in [0.15, 0.2) is 0 Å². The maximum atomic E-state index is 12.2. The number of aromatic carboxylic acids is 1. The van der Waals surface area contributed by atoms with Gasteiger partial charge in [0.25, 0.3) is 5.91 Å². The van der Waals surface area contributed by atoms with Crippen LogP contribution in [-0.2, 0) is 6.54 Å². The van der Waals surface area contributed by atoms with Crippen molar-refractivity contribution in [1.82, 2.24) is 5.32 Å². The molecule has 2 N–H and O–H groups in total. The first-order valence-corrected chi connectivity index (χ1v) is 7.05. The number of carboxylic acids is 1. The second kappa shape index (κ2) is 6.23. The van der Waals surface area contributed by atoms with Gasteiger partial charge in [0.2, 0.25) is 0 Å². The Kier molecular flexibility index (Phi) is 4.56. The van der Waals surface area contributed by atoms with Crippen LogP contribution >= 0.6 is 11.6 Å². The SMILES string of the molecule is Cc1cc(Cl)c(C(=O)NCc2cc(C(=O)O)c(C)o2)cc1C. The van der Waals surface area contributed by atoms with Crippen molar-refractivity contribution in [2.45, 2.75) is 27.3 Å². The first kappa shape index (κ1) is 16.1. The smallest absolute Gasteiger partial charge is 0.339 e. The van der Waals surface area contributed by atoms with Crippen LogP contribution in [-0.4, -0.2) is 17.0 Å². The molecule has 0 aliphatic carbocycles. The Balaban J connectivity index is 2.12. The number of carbonyl (C=O) groups excluding carboxylic acids is 1. The summed E-state index contributed by atoms with van der Waals surface area (Å²) >= 11 is 6.09. The van der Waals surface area contributed by atoms with Crippen molar-refractivity contribution in [1.29, 1.82) is 0 Å². The number of carbonyl (C=O) groups is 2. The van der Waals surface area contributed by atoms with Crippen LogP contribution in [0.4, 0.5) is 0 Å². The van der Waals surface area contributed by atoms with Gasteiger partial charge in [-0.25, -0.2) is 4.79 Å². The summed E-state index contributed by atoms with van der Waals surface area (Å²) in [6, 6.07) is 4.87. The molecule has 2 rings (SSSR count). The van der Waals surface area contributed by atoms with E-state index >= 15 is 0 Å². The van der Waals surface area contributed by atoms with Crippen molar-refractivity contribution in [2.24, 2.45) is 0 Å². The van der Waals surface area contributed by atoms with Crippen molar-refractivity contribution in [3.8, 4) is 0 Å². The Morgan fingerprint density at radius 2 is 1.77 bits per heavy atom. The van der Waals surface area contributed by atoms with Crippen LogP contribution in [0, 0.1) is 20.8 Å². The van der Waals surface area contributed by atoms with E-state index in [2.05, 4.69) is 5.32 Å². The van der Waals surface area contributed by atoms with E-state index in [-0.39, 0.29) is 18.0 Å².